The molecule has 1 aromatic carbocycles. The fraction of sp³-hybridized carbons (Fsp3) is 0.588. The first-order valence-corrected chi connectivity index (χ1v) is 8.92. The average Bonchev–Trinajstić information content (AvgIpc) is 2.97. The number of benzene rings is 1. The van der Waals surface area contributed by atoms with Crippen molar-refractivity contribution in [3.63, 3.8) is 0 Å². The van der Waals surface area contributed by atoms with Gasteiger partial charge in [0, 0.05) is 36.7 Å². The highest BCUT2D eigenvalue weighted by Gasteiger charge is 2.37. The molecular formula is C17H24N2OS. The van der Waals surface area contributed by atoms with Gasteiger partial charge in [0.1, 0.15) is 0 Å². The summed E-state index contributed by atoms with van der Waals surface area (Å²) in [6.45, 7) is 4.22. The number of rotatable bonds is 4. The average molecular weight is 304 g/mol. The molecule has 2 saturated heterocycles. The Morgan fingerprint density at radius 3 is 2.62 bits per heavy atom. The molecule has 4 heteroatoms. The summed E-state index contributed by atoms with van der Waals surface area (Å²) in [6, 6.07) is 10.3. The molecule has 0 saturated carbocycles. The van der Waals surface area contributed by atoms with Crippen LogP contribution in [0.15, 0.2) is 35.2 Å². The van der Waals surface area contributed by atoms with E-state index in [1.807, 2.05) is 18.2 Å². The van der Waals surface area contributed by atoms with E-state index in [0.29, 0.717) is 17.7 Å². The van der Waals surface area contributed by atoms with E-state index in [-0.39, 0.29) is 0 Å². The number of hydrogen-bond acceptors (Lipinski definition) is 3. The van der Waals surface area contributed by atoms with Crippen LogP contribution in [0.25, 0.3) is 0 Å². The number of hydrogen-bond donors (Lipinski definition) is 1. The number of thioether (sulfide) groups is 1. The molecule has 1 spiro atoms. The van der Waals surface area contributed by atoms with Crippen LogP contribution in [0.3, 0.4) is 0 Å². The van der Waals surface area contributed by atoms with Gasteiger partial charge in [-0.1, -0.05) is 18.2 Å². The van der Waals surface area contributed by atoms with Gasteiger partial charge < -0.3 is 10.2 Å². The molecular weight excluding hydrogens is 280 g/mol. The van der Waals surface area contributed by atoms with Crippen molar-refractivity contribution in [2.24, 2.45) is 5.41 Å². The lowest BCUT2D eigenvalue weighted by atomic mass is 9.78. The number of amides is 1. The number of piperidine rings is 1. The van der Waals surface area contributed by atoms with E-state index >= 15 is 0 Å². The van der Waals surface area contributed by atoms with Crippen LogP contribution in [0.4, 0.5) is 0 Å². The van der Waals surface area contributed by atoms with E-state index in [1.54, 1.807) is 11.8 Å². The molecule has 3 nitrogen and oxygen atoms in total. The summed E-state index contributed by atoms with van der Waals surface area (Å²) in [5.74, 6) is 1.21. The predicted molar refractivity (Wildman–Crippen MR) is 87.5 cm³/mol. The van der Waals surface area contributed by atoms with Crippen molar-refractivity contribution in [1.82, 2.24) is 10.2 Å². The van der Waals surface area contributed by atoms with E-state index < -0.39 is 0 Å². The molecule has 0 aliphatic carbocycles. The number of carbonyl (C=O) groups excluding carboxylic acids is 1. The topological polar surface area (TPSA) is 32.3 Å². The van der Waals surface area contributed by atoms with Gasteiger partial charge in [-0.25, -0.2) is 0 Å². The minimum absolute atomic E-state index is 0.333. The van der Waals surface area contributed by atoms with Crippen molar-refractivity contribution in [2.45, 2.75) is 30.6 Å². The Morgan fingerprint density at radius 1 is 1.19 bits per heavy atom. The van der Waals surface area contributed by atoms with Gasteiger partial charge in [-0.3, -0.25) is 4.79 Å². The predicted octanol–water partition coefficient (Wildman–Crippen LogP) is 2.77. The normalized spacial score (nSPS) is 20.9. The zero-order chi connectivity index (χ0) is 14.5. The molecule has 2 fully saturated rings. The van der Waals surface area contributed by atoms with Gasteiger partial charge in [-0.2, -0.15) is 0 Å². The molecule has 2 heterocycles. The van der Waals surface area contributed by atoms with Gasteiger partial charge in [0.25, 0.3) is 0 Å². The lowest BCUT2D eigenvalue weighted by Gasteiger charge is -2.39. The van der Waals surface area contributed by atoms with Gasteiger partial charge in [0.2, 0.25) is 5.91 Å². The number of nitrogens with one attached hydrogen (secondary N) is 1. The molecule has 1 aromatic rings. The van der Waals surface area contributed by atoms with Gasteiger partial charge in [-0.15, -0.1) is 11.8 Å². The highest BCUT2D eigenvalue weighted by molar-refractivity contribution is 7.99. The van der Waals surface area contributed by atoms with Crippen molar-refractivity contribution in [1.29, 1.82) is 0 Å². The Kier molecular flexibility index (Phi) is 4.86. The second-order valence-electron chi connectivity index (χ2n) is 6.22. The Hall–Kier alpha value is -1.00. The van der Waals surface area contributed by atoms with Gasteiger partial charge in [0.15, 0.2) is 0 Å². The number of likely N-dealkylation sites (tertiary alicyclic amines) is 1. The van der Waals surface area contributed by atoms with Gasteiger partial charge in [-0.05, 0) is 43.4 Å². The molecule has 2 aliphatic rings. The molecule has 0 radical (unpaired) electrons. The first-order valence-electron chi connectivity index (χ1n) is 7.94. The molecule has 0 unspecified atom stereocenters. The molecule has 0 atom stereocenters. The quantitative estimate of drug-likeness (QED) is 0.868. The highest BCUT2D eigenvalue weighted by Crippen LogP contribution is 2.37. The first-order chi connectivity index (χ1) is 10.3. The van der Waals surface area contributed by atoms with Crippen molar-refractivity contribution in [3.05, 3.63) is 30.3 Å². The molecule has 1 N–H and O–H groups in total. The molecule has 0 aromatic heterocycles. The van der Waals surface area contributed by atoms with Crippen molar-refractivity contribution in [3.8, 4) is 0 Å². The van der Waals surface area contributed by atoms with Crippen molar-refractivity contribution < 1.29 is 4.79 Å². The zero-order valence-electron chi connectivity index (χ0n) is 12.5. The van der Waals surface area contributed by atoms with Crippen molar-refractivity contribution in [2.75, 3.05) is 31.9 Å². The second-order valence-corrected chi connectivity index (χ2v) is 7.39. The number of carbonyl (C=O) groups is 1. The maximum atomic E-state index is 12.3. The molecule has 21 heavy (non-hydrogen) atoms. The molecule has 1 amide bonds. The third-order valence-corrected chi connectivity index (χ3v) is 5.85. The van der Waals surface area contributed by atoms with Crippen LogP contribution in [0.5, 0.6) is 0 Å². The summed E-state index contributed by atoms with van der Waals surface area (Å²) >= 11 is 1.77. The van der Waals surface area contributed by atoms with Gasteiger partial charge >= 0.3 is 0 Å². The third kappa shape index (κ3) is 3.80. The van der Waals surface area contributed by atoms with Crippen LogP contribution >= 0.6 is 11.8 Å². The molecule has 0 bridgehead atoms. The zero-order valence-corrected chi connectivity index (χ0v) is 13.3. The lowest BCUT2D eigenvalue weighted by molar-refractivity contribution is -0.132. The van der Waals surface area contributed by atoms with Crippen LogP contribution in [-0.4, -0.2) is 42.7 Å². The van der Waals surface area contributed by atoms with Crippen LogP contribution in [0.2, 0.25) is 0 Å². The van der Waals surface area contributed by atoms with E-state index in [4.69, 9.17) is 0 Å². The van der Waals surface area contributed by atoms with E-state index in [0.717, 1.165) is 31.9 Å². The molecule has 3 rings (SSSR count). The van der Waals surface area contributed by atoms with Crippen molar-refractivity contribution >= 4 is 17.7 Å². The first kappa shape index (κ1) is 14.9. The summed E-state index contributed by atoms with van der Waals surface area (Å²) in [5, 5.41) is 3.47. The Labute approximate surface area is 131 Å². The van der Waals surface area contributed by atoms with Crippen LogP contribution in [0, 0.1) is 5.41 Å². The maximum absolute atomic E-state index is 12.3. The summed E-state index contributed by atoms with van der Waals surface area (Å²) in [6.07, 6.45) is 4.30. The molecule has 114 valence electrons. The van der Waals surface area contributed by atoms with Gasteiger partial charge in [0.05, 0.1) is 0 Å². The number of nitrogens with zero attached hydrogens (tertiary/aromatic N) is 1. The van der Waals surface area contributed by atoms with Crippen LogP contribution < -0.4 is 5.32 Å². The summed E-state index contributed by atoms with van der Waals surface area (Å²) in [5.41, 5.74) is 0.496. The van der Waals surface area contributed by atoms with E-state index in [9.17, 15) is 4.79 Å². The Bertz CT molecular complexity index is 461. The minimum Gasteiger partial charge on any atom is -0.343 e. The van der Waals surface area contributed by atoms with E-state index in [2.05, 4.69) is 22.3 Å². The SMILES string of the molecule is O=C(CCSc1ccccc1)N1CCC2(CCNC2)CC1. The fourth-order valence-electron chi connectivity index (χ4n) is 3.38. The Balaban J connectivity index is 1.40. The van der Waals surface area contributed by atoms with E-state index in [1.165, 1.54) is 24.2 Å². The minimum atomic E-state index is 0.333. The maximum Gasteiger partial charge on any atom is 0.223 e. The third-order valence-electron chi connectivity index (χ3n) is 4.84. The summed E-state index contributed by atoms with van der Waals surface area (Å²) < 4.78 is 0. The highest BCUT2D eigenvalue weighted by atomic mass is 32.2. The Morgan fingerprint density at radius 2 is 1.95 bits per heavy atom. The standard InChI is InChI=1S/C17H24N2OS/c20-16(6-13-21-15-4-2-1-3-5-15)19-11-8-17(9-12-19)7-10-18-14-17/h1-5,18H,6-14H2. The fourth-order valence-corrected chi connectivity index (χ4v) is 4.25. The second kappa shape index (κ2) is 6.84. The smallest absolute Gasteiger partial charge is 0.223 e. The summed E-state index contributed by atoms with van der Waals surface area (Å²) in [4.78, 5) is 15.6. The van der Waals surface area contributed by atoms with Crippen LogP contribution in [0.1, 0.15) is 25.7 Å². The monoisotopic (exact) mass is 304 g/mol. The lowest BCUT2D eigenvalue weighted by Crippen LogP contribution is -2.44. The van der Waals surface area contributed by atoms with Crippen LogP contribution in [-0.2, 0) is 4.79 Å². The summed E-state index contributed by atoms with van der Waals surface area (Å²) in [7, 11) is 0. The largest absolute Gasteiger partial charge is 0.343 e. The molecule has 2 aliphatic heterocycles.